The van der Waals surface area contributed by atoms with Gasteiger partial charge < -0.3 is 0 Å². The van der Waals surface area contributed by atoms with E-state index in [-0.39, 0.29) is 0 Å². The van der Waals surface area contributed by atoms with Gasteiger partial charge in [-0.1, -0.05) is 0 Å². The number of hydrogen-bond donors (Lipinski definition) is 0. The standard InChI is InChI=1S/C4H4O8P2/c1-2-3(8-13(5,7-2)9-3)4-10-14(6,11-4)12-4/h2H,1H3. The van der Waals surface area contributed by atoms with Crippen molar-refractivity contribution < 1.29 is 36.3 Å². The van der Waals surface area contributed by atoms with Crippen molar-refractivity contribution in [2.45, 2.75) is 24.8 Å². The Kier molecular flexibility index (Phi) is 1.07. The molecule has 10 heteroatoms. The molecule has 6 aliphatic heterocycles. The fraction of sp³-hybridized carbons (Fsp3) is 1.00. The first-order valence-electron chi connectivity index (χ1n) is 3.83. The lowest BCUT2D eigenvalue weighted by molar-refractivity contribution is -0.523. The van der Waals surface area contributed by atoms with Crippen molar-refractivity contribution in [1.82, 2.24) is 0 Å². The van der Waals surface area contributed by atoms with Crippen molar-refractivity contribution in [1.29, 1.82) is 0 Å². The minimum atomic E-state index is -3.42. The van der Waals surface area contributed by atoms with Gasteiger partial charge in [0.25, 0.3) is 5.79 Å². The summed E-state index contributed by atoms with van der Waals surface area (Å²) >= 11 is 0. The zero-order valence-corrected chi connectivity index (χ0v) is 8.53. The molecule has 0 saturated carbocycles. The SMILES string of the molecule is CC1OP2(=O)OC1(C13OP(=O)(O1)O3)O2. The minimum absolute atomic E-state index is 0.664. The van der Waals surface area contributed by atoms with Crippen LogP contribution in [-0.2, 0) is 36.3 Å². The number of hydrogen-bond acceptors (Lipinski definition) is 8. The number of rotatable bonds is 1. The van der Waals surface area contributed by atoms with Gasteiger partial charge in [0.05, 0.1) is 0 Å². The fourth-order valence-electron chi connectivity index (χ4n) is 1.81. The molecule has 0 radical (unpaired) electrons. The van der Waals surface area contributed by atoms with Crippen molar-refractivity contribution >= 4 is 15.6 Å². The molecule has 1 unspecified atom stereocenters. The zero-order chi connectivity index (χ0) is 9.82. The Hall–Kier alpha value is 0.220. The van der Waals surface area contributed by atoms with Crippen molar-refractivity contribution in [2.75, 3.05) is 0 Å². The number of phosphoric acid groups is 2. The maximum atomic E-state index is 11.3. The second-order valence-corrected chi connectivity index (χ2v) is 6.23. The van der Waals surface area contributed by atoms with E-state index in [0.717, 1.165) is 0 Å². The molecule has 6 heterocycles. The maximum absolute atomic E-state index is 11.3. The van der Waals surface area contributed by atoms with Crippen molar-refractivity contribution in [3.05, 3.63) is 0 Å². The van der Waals surface area contributed by atoms with Gasteiger partial charge in [0.15, 0.2) is 0 Å². The van der Waals surface area contributed by atoms with E-state index in [1.54, 1.807) is 6.92 Å². The van der Waals surface area contributed by atoms with E-state index in [1.807, 2.05) is 0 Å². The Bertz CT molecular complexity index is 406. The van der Waals surface area contributed by atoms with Gasteiger partial charge in [-0.25, -0.2) is 31.7 Å². The maximum Gasteiger partial charge on any atom is 0.488 e. The summed E-state index contributed by atoms with van der Waals surface area (Å²) in [7, 11) is -6.74. The lowest BCUT2D eigenvalue weighted by Gasteiger charge is -2.61. The van der Waals surface area contributed by atoms with Crippen LogP contribution in [0.3, 0.4) is 0 Å². The van der Waals surface area contributed by atoms with Crippen LogP contribution in [0, 0.1) is 0 Å². The molecule has 0 N–H and O–H groups in total. The van der Waals surface area contributed by atoms with E-state index >= 15 is 0 Å². The highest BCUT2D eigenvalue weighted by molar-refractivity contribution is 7.52. The van der Waals surface area contributed by atoms with E-state index in [9.17, 15) is 9.13 Å². The molecule has 0 aliphatic carbocycles. The summed E-state index contributed by atoms with van der Waals surface area (Å²) in [5.74, 6) is -3.14. The molecule has 78 valence electrons. The zero-order valence-electron chi connectivity index (χ0n) is 6.74. The van der Waals surface area contributed by atoms with Gasteiger partial charge in [-0.05, 0) is 6.92 Å². The molecule has 14 heavy (non-hydrogen) atoms. The van der Waals surface area contributed by atoms with E-state index in [1.165, 1.54) is 0 Å². The predicted octanol–water partition coefficient (Wildman–Crippen LogP) is 1.10. The molecular weight excluding hydrogens is 238 g/mol. The third-order valence-electron chi connectivity index (χ3n) is 2.44. The van der Waals surface area contributed by atoms with Crippen LogP contribution >= 0.6 is 15.6 Å². The molecule has 0 aromatic heterocycles. The van der Waals surface area contributed by atoms with Gasteiger partial charge in [0.1, 0.15) is 6.10 Å². The Morgan fingerprint density at radius 1 is 1.00 bits per heavy atom. The summed E-state index contributed by atoms with van der Waals surface area (Å²) in [6.07, 6.45) is -0.664. The molecule has 6 fully saturated rings. The molecule has 6 rings (SSSR count). The van der Waals surface area contributed by atoms with Crippen LogP contribution in [0.1, 0.15) is 6.92 Å². The normalized spacial score (nSPS) is 73.4. The monoisotopic (exact) mass is 242 g/mol. The molecule has 1 atom stereocenters. The van der Waals surface area contributed by atoms with Gasteiger partial charge in [0.2, 0.25) is 0 Å². The number of fused-ring (bicyclic) bond motifs is 1. The molecule has 6 aliphatic rings. The van der Waals surface area contributed by atoms with Crippen molar-refractivity contribution in [2.24, 2.45) is 0 Å². The molecule has 4 bridgehead atoms. The molecule has 0 aromatic carbocycles. The summed E-state index contributed by atoms with van der Waals surface area (Å²) in [6.45, 7) is 1.57. The van der Waals surface area contributed by atoms with Crippen LogP contribution in [0.4, 0.5) is 0 Å². The number of phosphoric ester groups is 2. The second-order valence-electron chi connectivity index (χ2n) is 3.32. The smallest absolute Gasteiger partial charge is 0.278 e. The molecule has 0 spiro atoms. The highest BCUT2D eigenvalue weighted by atomic mass is 31.2. The average Bonchev–Trinajstić information content (AvgIpc) is 2.26. The topological polar surface area (TPSA) is 89.5 Å². The third-order valence-corrected chi connectivity index (χ3v) is 5.40. The van der Waals surface area contributed by atoms with Crippen LogP contribution in [-0.4, -0.2) is 17.9 Å². The van der Waals surface area contributed by atoms with Crippen molar-refractivity contribution in [3.63, 3.8) is 0 Å². The lowest BCUT2D eigenvalue weighted by atomic mass is 10.1. The summed E-state index contributed by atoms with van der Waals surface area (Å²) in [5, 5.41) is 0. The summed E-state index contributed by atoms with van der Waals surface area (Å²) in [5.41, 5.74) is 0. The molecule has 0 amide bonds. The highest BCUT2D eigenvalue weighted by Crippen LogP contribution is 2.90. The Balaban J connectivity index is 1.75. The van der Waals surface area contributed by atoms with Crippen LogP contribution in [0.15, 0.2) is 0 Å². The van der Waals surface area contributed by atoms with Gasteiger partial charge in [-0.2, -0.15) is 0 Å². The van der Waals surface area contributed by atoms with E-state index in [2.05, 4.69) is 0 Å². The largest absolute Gasteiger partial charge is 0.488 e. The quantitative estimate of drug-likeness (QED) is 0.631. The van der Waals surface area contributed by atoms with E-state index < -0.39 is 33.5 Å². The van der Waals surface area contributed by atoms with Gasteiger partial charge in [0, 0.05) is 0 Å². The lowest BCUT2D eigenvalue weighted by Crippen LogP contribution is -2.75. The Labute approximate surface area is 77.6 Å². The fourth-order valence-corrected chi connectivity index (χ4v) is 4.92. The summed E-state index contributed by atoms with van der Waals surface area (Å²) in [4.78, 5) is 0. The highest BCUT2D eigenvalue weighted by Gasteiger charge is 2.94. The van der Waals surface area contributed by atoms with Gasteiger partial charge in [-0.3, -0.25) is 4.52 Å². The summed E-state index contributed by atoms with van der Waals surface area (Å²) in [6, 6.07) is 0. The van der Waals surface area contributed by atoms with Gasteiger partial charge >= 0.3 is 21.6 Å². The molecule has 8 nitrogen and oxygen atoms in total. The van der Waals surface area contributed by atoms with Crippen LogP contribution < -0.4 is 0 Å². The summed E-state index contributed by atoms with van der Waals surface area (Å²) < 4.78 is 51.4. The Morgan fingerprint density at radius 2 is 1.57 bits per heavy atom. The first kappa shape index (κ1) is 8.38. The second kappa shape index (κ2) is 1.79. The van der Waals surface area contributed by atoms with Crippen LogP contribution in [0.5, 0.6) is 0 Å². The van der Waals surface area contributed by atoms with E-state index in [0.29, 0.717) is 0 Å². The van der Waals surface area contributed by atoms with Crippen molar-refractivity contribution in [3.8, 4) is 0 Å². The van der Waals surface area contributed by atoms with Gasteiger partial charge in [-0.15, -0.1) is 0 Å². The average molecular weight is 242 g/mol. The molecule has 6 saturated heterocycles. The third kappa shape index (κ3) is 0.610. The Morgan fingerprint density at radius 3 is 1.93 bits per heavy atom. The first-order valence-corrected chi connectivity index (χ1v) is 6.75. The van der Waals surface area contributed by atoms with Crippen LogP contribution in [0.2, 0.25) is 0 Å². The predicted molar refractivity (Wildman–Crippen MR) is 36.6 cm³/mol. The minimum Gasteiger partial charge on any atom is -0.278 e. The molecule has 0 aromatic rings. The first-order chi connectivity index (χ1) is 6.41. The molecular formula is C4H4O8P2. The van der Waals surface area contributed by atoms with E-state index in [4.69, 9.17) is 27.1 Å². The van der Waals surface area contributed by atoms with Crippen LogP contribution in [0.25, 0.3) is 0 Å².